The van der Waals surface area contributed by atoms with Crippen LogP contribution in [-0.4, -0.2) is 24.8 Å². The number of hydrogen-bond donors (Lipinski definition) is 2. The molecule has 1 aromatic rings. The quantitative estimate of drug-likeness (QED) is 0.642. The number of nitrogens with zero attached hydrogens (tertiary/aromatic N) is 1. The second-order valence-electron chi connectivity index (χ2n) is 5.52. The SMILES string of the molecule is CC(C)C[C@@H](N)C(=O)N/N=C/C1=Cc2ccccc2OC1. The lowest BCUT2D eigenvalue weighted by molar-refractivity contribution is -0.122. The summed E-state index contributed by atoms with van der Waals surface area (Å²) in [7, 11) is 0. The van der Waals surface area contributed by atoms with Crippen LogP contribution in [0.3, 0.4) is 0 Å². The molecule has 1 amide bonds. The molecule has 112 valence electrons. The van der Waals surface area contributed by atoms with Crippen molar-refractivity contribution in [1.29, 1.82) is 0 Å². The number of amides is 1. The first-order valence-electron chi connectivity index (χ1n) is 7.07. The lowest BCUT2D eigenvalue weighted by atomic mass is 10.0. The van der Waals surface area contributed by atoms with Crippen molar-refractivity contribution in [2.45, 2.75) is 26.3 Å². The van der Waals surface area contributed by atoms with Gasteiger partial charge in [-0.1, -0.05) is 32.0 Å². The van der Waals surface area contributed by atoms with Crippen molar-refractivity contribution >= 4 is 18.2 Å². The molecule has 2 rings (SSSR count). The highest BCUT2D eigenvalue weighted by Crippen LogP contribution is 2.24. The minimum atomic E-state index is -0.528. The van der Waals surface area contributed by atoms with Gasteiger partial charge in [0, 0.05) is 11.1 Å². The first-order valence-corrected chi connectivity index (χ1v) is 7.07. The molecule has 1 heterocycles. The third-order valence-corrected chi connectivity index (χ3v) is 3.12. The molecule has 0 bridgehead atoms. The molecule has 21 heavy (non-hydrogen) atoms. The largest absolute Gasteiger partial charge is 0.488 e. The number of fused-ring (bicyclic) bond motifs is 1. The Bertz CT molecular complexity index is 564. The van der Waals surface area contributed by atoms with Gasteiger partial charge in [0.05, 0.1) is 12.3 Å². The predicted molar refractivity (Wildman–Crippen MR) is 84.0 cm³/mol. The van der Waals surface area contributed by atoms with Crippen molar-refractivity contribution < 1.29 is 9.53 Å². The third kappa shape index (κ3) is 4.43. The first-order chi connectivity index (χ1) is 10.1. The van der Waals surface area contributed by atoms with Gasteiger partial charge >= 0.3 is 0 Å². The van der Waals surface area contributed by atoms with Gasteiger partial charge in [0.2, 0.25) is 0 Å². The first kappa shape index (κ1) is 15.3. The molecule has 1 aliphatic heterocycles. The van der Waals surface area contributed by atoms with Crippen molar-refractivity contribution in [2.24, 2.45) is 16.8 Å². The number of carbonyl (C=O) groups is 1. The molecule has 5 nitrogen and oxygen atoms in total. The Labute approximate surface area is 124 Å². The fourth-order valence-corrected chi connectivity index (χ4v) is 2.08. The van der Waals surface area contributed by atoms with Crippen LogP contribution in [0.15, 0.2) is 34.9 Å². The van der Waals surface area contributed by atoms with Gasteiger partial charge in [0.25, 0.3) is 5.91 Å². The maximum Gasteiger partial charge on any atom is 0.256 e. The molecule has 1 atom stereocenters. The Kier molecular flexibility index (Phi) is 5.11. The highest BCUT2D eigenvalue weighted by molar-refractivity contribution is 5.89. The van der Waals surface area contributed by atoms with Crippen LogP contribution in [0.5, 0.6) is 5.75 Å². The van der Waals surface area contributed by atoms with Crippen LogP contribution in [0.1, 0.15) is 25.8 Å². The molecular weight excluding hydrogens is 266 g/mol. The highest BCUT2D eigenvalue weighted by Gasteiger charge is 2.14. The van der Waals surface area contributed by atoms with E-state index >= 15 is 0 Å². The maximum absolute atomic E-state index is 11.7. The molecule has 0 radical (unpaired) electrons. The van der Waals surface area contributed by atoms with E-state index in [-0.39, 0.29) is 5.91 Å². The van der Waals surface area contributed by atoms with Crippen molar-refractivity contribution in [1.82, 2.24) is 5.43 Å². The average Bonchev–Trinajstić information content (AvgIpc) is 2.46. The lowest BCUT2D eigenvalue weighted by Crippen LogP contribution is -2.39. The summed E-state index contributed by atoms with van der Waals surface area (Å²) in [6.07, 6.45) is 4.22. The van der Waals surface area contributed by atoms with E-state index in [9.17, 15) is 4.79 Å². The molecule has 0 saturated heterocycles. The van der Waals surface area contributed by atoms with E-state index < -0.39 is 6.04 Å². The minimum Gasteiger partial charge on any atom is -0.488 e. The van der Waals surface area contributed by atoms with Crippen LogP contribution in [0.2, 0.25) is 0 Å². The van der Waals surface area contributed by atoms with Crippen molar-refractivity contribution in [2.75, 3.05) is 6.61 Å². The Morgan fingerprint density at radius 1 is 1.48 bits per heavy atom. The maximum atomic E-state index is 11.7. The summed E-state index contributed by atoms with van der Waals surface area (Å²) in [6.45, 7) is 4.49. The van der Waals surface area contributed by atoms with Gasteiger partial charge in [-0.25, -0.2) is 5.43 Å². The number of rotatable bonds is 5. The summed E-state index contributed by atoms with van der Waals surface area (Å²) < 4.78 is 5.60. The van der Waals surface area contributed by atoms with Crippen molar-refractivity contribution in [3.05, 3.63) is 35.4 Å². The highest BCUT2D eigenvalue weighted by atomic mass is 16.5. The molecule has 5 heteroatoms. The van der Waals surface area contributed by atoms with Crippen LogP contribution in [-0.2, 0) is 4.79 Å². The van der Waals surface area contributed by atoms with E-state index in [0.29, 0.717) is 18.9 Å². The molecule has 0 fully saturated rings. The van der Waals surface area contributed by atoms with Crippen LogP contribution in [0.25, 0.3) is 6.08 Å². The topological polar surface area (TPSA) is 76.7 Å². The second kappa shape index (κ2) is 7.04. The number of hydrogen-bond acceptors (Lipinski definition) is 4. The van der Waals surface area contributed by atoms with E-state index in [1.165, 1.54) is 0 Å². The number of para-hydroxylation sites is 1. The van der Waals surface area contributed by atoms with E-state index in [4.69, 9.17) is 10.5 Å². The summed E-state index contributed by atoms with van der Waals surface area (Å²) in [5, 5.41) is 3.94. The summed E-state index contributed by atoms with van der Waals surface area (Å²) in [5.41, 5.74) is 10.1. The number of nitrogens with one attached hydrogen (secondary N) is 1. The number of ether oxygens (including phenoxy) is 1. The van der Waals surface area contributed by atoms with Crippen LogP contribution in [0.4, 0.5) is 0 Å². The van der Waals surface area contributed by atoms with E-state index in [2.05, 4.69) is 10.5 Å². The molecule has 0 spiro atoms. The van der Waals surface area contributed by atoms with Gasteiger partial charge in [0.1, 0.15) is 12.4 Å². The second-order valence-corrected chi connectivity index (χ2v) is 5.52. The zero-order valence-electron chi connectivity index (χ0n) is 12.4. The third-order valence-electron chi connectivity index (χ3n) is 3.12. The summed E-state index contributed by atoms with van der Waals surface area (Å²) in [6, 6.07) is 7.25. The smallest absolute Gasteiger partial charge is 0.256 e. The monoisotopic (exact) mass is 287 g/mol. The lowest BCUT2D eigenvalue weighted by Gasteiger charge is -2.15. The summed E-state index contributed by atoms with van der Waals surface area (Å²) >= 11 is 0. The Morgan fingerprint density at radius 3 is 3.00 bits per heavy atom. The van der Waals surface area contributed by atoms with E-state index in [1.54, 1.807) is 6.21 Å². The Morgan fingerprint density at radius 2 is 2.24 bits per heavy atom. The summed E-state index contributed by atoms with van der Waals surface area (Å²) in [4.78, 5) is 11.7. The Balaban J connectivity index is 1.91. The summed E-state index contributed by atoms with van der Waals surface area (Å²) in [5.74, 6) is 0.969. The number of benzene rings is 1. The number of nitrogens with two attached hydrogens (primary N) is 1. The van der Waals surface area contributed by atoms with Gasteiger partial charge < -0.3 is 10.5 Å². The molecule has 0 saturated carbocycles. The fourth-order valence-electron chi connectivity index (χ4n) is 2.08. The molecule has 0 aromatic heterocycles. The molecule has 0 aliphatic carbocycles. The standard InChI is InChI=1S/C16H21N3O2/c1-11(2)7-14(17)16(20)19-18-9-12-8-13-5-3-4-6-15(13)21-10-12/h3-6,8-9,11,14H,7,10,17H2,1-2H3,(H,19,20)/b18-9+/t14-/m1/s1. The minimum absolute atomic E-state index is 0.266. The van der Waals surface area contributed by atoms with E-state index in [1.807, 2.05) is 44.2 Å². The molecular formula is C16H21N3O2. The van der Waals surface area contributed by atoms with Crippen LogP contribution in [0, 0.1) is 5.92 Å². The molecule has 0 unspecified atom stereocenters. The van der Waals surface area contributed by atoms with Crippen molar-refractivity contribution in [3.63, 3.8) is 0 Å². The number of carbonyl (C=O) groups excluding carboxylic acids is 1. The van der Waals surface area contributed by atoms with Gasteiger partial charge in [-0.2, -0.15) is 5.10 Å². The predicted octanol–water partition coefficient (Wildman–Crippen LogP) is 1.94. The molecule has 1 aromatic carbocycles. The normalized spacial score (nSPS) is 15.3. The van der Waals surface area contributed by atoms with E-state index in [0.717, 1.165) is 16.9 Å². The zero-order valence-corrected chi connectivity index (χ0v) is 12.4. The van der Waals surface area contributed by atoms with Gasteiger partial charge in [-0.3, -0.25) is 4.79 Å². The van der Waals surface area contributed by atoms with Crippen LogP contribution < -0.4 is 15.9 Å². The molecule has 3 N–H and O–H groups in total. The van der Waals surface area contributed by atoms with Crippen LogP contribution >= 0.6 is 0 Å². The molecule has 1 aliphatic rings. The number of hydrazone groups is 1. The zero-order chi connectivity index (χ0) is 15.2. The fraction of sp³-hybridized carbons (Fsp3) is 0.375. The van der Waals surface area contributed by atoms with Gasteiger partial charge in [-0.15, -0.1) is 0 Å². The Hall–Kier alpha value is -2.14. The van der Waals surface area contributed by atoms with Gasteiger partial charge in [0.15, 0.2) is 0 Å². The van der Waals surface area contributed by atoms with Crippen molar-refractivity contribution in [3.8, 4) is 5.75 Å². The van der Waals surface area contributed by atoms with Gasteiger partial charge in [-0.05, 0) is 24.5 Å². The average molecular weight is 287 g/mol.